The minimum absolute atomic E-state index is 0.00831. The fourth-order valence-electron chi connectivity index (χ4n) is 3.27. The highest BCUT2D eigenvalue weighted by molar-refractivity contribution is 5.61. The average molecular weight is 233 g/mol. The summed E-state index contributed by atoms with van der Waals surface area (Å²) >= 11 is 0. The third-order valence-electron chi connectivity index (χ3n) is 3.81. The predicted octanol–water partition coefficient (Wildman–Crippen LogP) is 3.43. The Hall–Kier alpha value is -1.02. The SMILES string of the molecule is Cc1ccc2c(c1)N(C(C)O)C(C)(C)CC2C. The van der Waals surface area contributed by atoms with Gasteiger partial charge in [-0.05, 0) is 57.2 Å². The van der Waals surface area contributed by atoms with E-state index in [9.17, 15) is 5.11 Å². The van der Waals surface area contributed by atoms with E-state index in [1.165, 1.54) is 16.8 Å². The molecular weight excluding hydrogens is 210 g/mol. The van der Waals surface area contributed by atoms with Crippen LogP contribution in [0.15, 0.2) is 18.2 Å². The third kappa shape index (κ3) is 2.06. The summed E-state index contributed by atoms with van der Waals surface area (Å²) < 4.78 is 0. The summed E-state index contributed by atoms with van der Waals surface area (Å²) in [6.45, 7) is 10.6. The first kappa shape index (κ1) is 12.4. The van der Waals surface area contributed by atoms with Crippen molar-refractivity contribution in [2.75, 3.05) is 4.90 Å². The Labute approximate surface area is 104 Å². The van der Waals surface area contributed by atoms with Crippen LogP contribution in [0.3, 0.4) is 0 Å². The average Bonchev–Trinajstić information content (AvgIpc) is 2.14. The number of aryl methyl sites for hydroxylation is 1. The lowest BCUT2D eigenvalue weighted by atomic mass is 9.79. The van der Waals surface area contributed by atoms with E-state index in [1.54, 1.807) is 0 Å². The lowest BCUT2D eigenvalue weighted by Gasteiger charge is -2.49. The van der Waals surface area contributed by atoms with Gasteiger partial charge in [-0.2, -0.15) is 0 Å². The van der Waals surface area contributed by atoms with Gasteiger partial charge in [-0.25, -0.2) is 0 Å². The van der Waals surface area contributed by atoms with Gasteiger partial charge in [0.1, 0.15) is 6.23 Å². The van der Waals surface area contributed by atoms with Gasteiger partial charge in [-0.15, -0.1) is 0 Å². The molecule has 1 aromatic rings. The minimum Gasteiger partial charge on any atom is -0.374 e. The molecule has 1 aromatic carbocycles. The molecule has 0 radical (unpaired) electrons. The van der Waals surface area contributed by atoms with E-state index < -0.39 is 6.23 Å². The molecule has 2 nitrogen and oxygen atoms in total. The molecule has 2 unspecified atom stereocenters. The van der Waals surface area contributed by atoms with Crippen LogP contribution in [0.2, 0.25) is 0 Å². The Bertz CT molecular complexity index is 423. The van der Waals surface area contributed by atoms with E-state index in [1.807, 2.05) is 6.92 Å². The Morgan fingerprint density at radius 3 is 2.65 bits per heavy atom. The highest BCUT2D eigenvalue weighted by atomic mass is 16.3. The van der Waals surface area contributed by atoms with E-state index in [2.05, 4.69) is 50.8 Å². The number of nitrogens with zero attached hydrogens (tertiary/aromatic N) is 1. The summed E-state index contributed by atoms with van der Waals surface area (Å²) in [6, 6.07) is 6.56. The maximum absolute atomic E-state index is 10.1. The van der Waals surface area contributed by atoms with Gasteiger partial charge in [-0.3, -0.25) is 0 Å². The molecule has 2 rings (SSSR count). The van der Waals surface area contributed by atoms with Crippen molar-refractivity contribution in [2.45, 2.75) is 58.7 Å². The normalized spacial score (nSPS) is 24.4. The molecule has 1 aliphatic rings. The number of rotatable bonds is 1. The second-order valence-corrected chi connectivity index (χ2v) is 5.98. The molecule has 17 heavy (non-hydrogen) atoms. The molecule has 2 heteroatoms. The van der Waals surface area contributed by atoms with Gasteiger partial charge < -0.3 is 10.0 Å². The van der Waals surface area contributed by atoms with Gasteiger partial charge in [0.15, 0.2) is 0 Å². The van der Waals surface area contributed by atoms with Gasteiger partial charge >= 0.3 is 0 Å². The van der Waals surface area contributed by atoms with Crippen LogP contribution in [0.5, 0.6) is 0 Å². The zero-order chi connectivity index (χ0) is 12.8. The van der Waals surface area contributed by atoms with Crippen LogP contribution in [-0.4, -0.2) is 16.9 Å². The molecule has 0 spiro atoms. The van der Waals surface area contributed by atoms with Gasteiger partial charge in [0, 0.05) is 11.2 Å². The van der Waals surface area contributed by atoms with Crippen molar-refractivity contribution in [3.05, 3.63) is 29.3 Å². The number of hydrogen-bond acceptors (Lipinski definition) is 2. The van der Waals surface area contributed by atoms with E-state index in [4.69, 9.17) is 0 Å². The second kappa shape index (κ2) is 4.02. The van der Waals surface area contributed by atoms with Crippen molar-refractivity contribution in [3.8, 4) is 0 Å². The zero-order valence-electron chi connectivity index (χ0n) is 11.5. The first-order valence-electron chi connectivity index (χ1n) is 6.41. The molecule has 0 saturated carbocycles. The van der Waals surface area contributed by atoms with E-state index in [0.717, 1.165) is 6.42 Å². The lowest BCUT2D eigenvalue weighted by Crippen LogP contribution is -2.52. The van der Waals surface area contributed by atoms with Crippen LogP contribution in [0.4, 0.5) is 5.69 Å². The first-order valence-corrected chi connectivity index (χ1v) is 6.41. The highest BCUT2D eigenvalue weighted by Crippen LogP contribution is 2.44. The molecule has 1 aliphatic heterocycles. The number of hydrogen-bond donors (Lipinski definition) is 1. The Morgan fingerprint density at radius 2 is 2.06 bits per heavy atom. The molecule has 1 heterocycles. The van der Waals surface area contributed by atoms with Crippen molar-refractivity contribution in [3.63, 3.8) is 0 Å². The summed E-state index contributed by atoms with van der Waals surface area (Å²) in [6.07, 6.45) is 0.631. The minimum atomic E-state index is -0.446. The summed E-state index contributed by atoms with van der Waals surface area (Å²) in [7, 11) is 0. The molecule has 0 aliphatic carbocycles. The van der Waals surface area contributed by atoms with Gasteiger partial charge in [0.05, 0.1) is 0 Å². The molecular formula is C15H23NO. The van der Waals surface area contributed by atoms with Crippen LogP contribution in [0, 0.1) is 6.92 Å². The monoisotopic (exact) mass is 233 g/mol. The number of aliphatic hydroxyl groups excluding tert-OH is 1. The summed E-state index contributed by atoms with van der Waals surface area (Å²) in [5.74, 6) is 0.551. The van der Waals surface area contributed by atoms with Crippen molar-refractivity contribution in [1.29, 1.82) is 0 Å². The molecule has 0 fully saturated rings. The Kier molecular flexibility index (Phi) is 2.94. The number of fused-ring (bicyclic) bond motifs is 1. The fraction of sp³-hybridized carbons (Fsp3) is 0.600. The molecule has 0 saturated heterocycles. The van der Waals surface area contributed by atoms with E-state index in [0.29, 0.717) is 5.92 Å². The third-order valence-corrected chi connectivity index (χ3v) is 3.81. The Morgan fingerprint density at radius 1 is 1.41 bits per heavy atom. The smallest absolute Gasteiger partial charge is 0.124 e. The van der Waals surface area contributed by atoms with Gasteiger partial charge in [-0.1, -0.05) is 19.1 Å². The Balaban J connectivity index is 2.59. The lowest BCUT2D eigenvalue weighted by molar-refractivity contribution is 0.149. The van der Waals surface area contributed by atoms with Crippen molar-refractivity contribution in [1.82, 2.24) is 0 Å². The van der Waals surface area contributed by atoms with Crippen LogP contribution >= 0.6 is 0 Å². The summed E-state index contributed by atoms with van der Waals surface area (Å²) in [5.41, 5.74) is 3.81. The van der Waals surface area contributed by atoms with Gasteiger partial charge in [0.2, 0.25) is 0 Å². The quantitative estimate of drug-likeness (QED) is 0.803. The summed E-state index contributed by atoms with van der Waals surface area (Å²) in [5, 5.41) is 10.1. The van der Waals surface area contributed by atoms with Crippen molar-refractivity contribution >= 4 is 5.69 Å². The highest BCUT2D eigenvalue weighted by Gasteiger charge is 2.38. The topological polar surface area (TPSA) is 23.5 Å². The largest absolute Gasteiger partial charge is 0.374 e. The summed E-state index contributed by atoms with van der Waals surface area (Å²) in [4.78, 5) is 2.15. The first-order chi connectivity index (χ1) is 7.83. The van der Waals surface area contributed by atoms with Gasteiger partial charge in [0.25, 0.3) is 0 Å². The maximum Gasteiger partial charge on any atom is 0.124 e. The zero-order valence-corrected chi connectivity index (χ0v) is 11.5. The molecule has 2 atom stereocenters. The number of benzene rings is 1. The number of anilines is 1. The molecule has 1 N–H and O–H groups in total. The standard InChI is InChI=1S/C15H23NO/c1-10-6-7-13-11(2)9-15(4,5)16(12(3)17)14(13)8-10/h6-8,11-12,17H,9H2,1-5H3. The van der Waals surface area contributed by atoms with E-state index >= 15 is 0 Å². The predicted molar refractivity (Wildman–Crippen MR) is 72.4 cm³/mol. The molecule has 0 bridgehead atoms. The van der Waals surface area contributed by atoms with E-state index in [-0.39, 0.29) is 5.54 Å². The second-order valence-electron chi connectivity index (χ2n) is 5.98. The fourth-order valence-corrected chi connectivity index (χ4v) is 3.27. The van der Waals surface area contributed by atoms with Crippen molar-refractivity contribution < 1.29 is 5.11 Å². The molecule has 0 aromatic heterocycles. The van der Waals surface area contributed by atoms with Crippen LogP contribution in [-0.2, 0) is 0 Å². The number of aliphatic hydroxyl groups is 1. The molecule has 0 amide bonds. The maximum atomic E-state index is 10.1. The van der Waals surface area contributed by atoms with Crippen LogP contribution in [0.25, 0.3) is 0 Å². The van der Waals surface area contributed by atoms with Crippen LogP contribution in [0.1, 0.15) is 51.2 Å². The van der Waals surface area contributed by atoms with Crippen LogP contribution < -0.4 is 4.90 Å². The molecule has 94 valence electrons. The van der Waals surface area contributed by atoms with Crippen molar-refractivity contribution in [2.24, 2.45) is 0 Å².